The van der Waals surface area contributed by atoms with Gasteiger partial charge >= 0.3 is 0 Å². The van der Waals surface area contributed by atoms with Crippen molar-refractivity contribution in [1.29, 1.82) is 0 Å². The summed E-state index contributed by atoms with van der Waals surface area (Å²) in [4.78, 5) is 14.0. The third-order valence-corrected chi connectivity index (χ3v) is 14.6. The number of hydrogen-bond donors (Lipinski definition) is 0. The lowest BCUT2D eigenvalue weighted by atomic mass is 9.38. The summed E-state index contributed by atoms with van der Waals surface area (Å²) in [5.74, 6) is 4.49. The van der Waals surface area contributed by atoms with E-state index in [0.29, 0.717) is 46.2 Å². The zero-order valence-corrected chi connectivity index (χ0v) is 26.4. The van der Waals surface area contributed by atoms with Crippen LogP contribution >= 0.6 is 0 Å². The maximum absolute atomic E-state index is 14.0. The van der Waals surface area contributed by atoms with Crippen molar-refractivity contribution in [3.63, 3.8) is 0 Å². The highest BCUT2D eigenvalue weighted by Gasteiger charge is 2.68. The lowest BCUT2D eigenvalue weighted by Crippen LogP contribution is -2.60. The van der Waals surface area contributed by atoms with Crippen LogP contribution in [-0.2, 0) is 4.79 Å². The summed E-state index contributed by atoms with van der Waals surface area (Å²) >= 11 is 0. The molecule has 0 saturated heterocycles. The van der Waals surface area contributed by atoms with Crippen molar-refractivity contribution in [3.8, 4) is 0 Å². The second-order valence-corrected chi connectivity index (χ2v) is 17.2. The molecule has 0 N–H and O–H groups in total. The number of carbonyl (C=O) groups excluding carboxylic acids is 1. The number of rotatable bonds is 4. The number of hydrogen-bond acceptors (Lipinski definition) is 1. The molecule has 4 aliphatic rings. The second-order valence-electron chi connectivity index (χ2n) is 17.2. The molecule has 0 aromatic rings. The Balaban J connectivity index is 1.70. The largest absolute Gasteiger partial charge is 0.294 e. The van der Waals surface area contributed by atoms with Crippen molar-refractivity contribution >= 4 is 5.78 Å². The van der Waals surface area contributed by atoms with Gasteiger partial charge in [0, 0.05) is 5.41 Å². The van der Waals surface area contributed by atoms with Gasteiger partial charge in [-0.2, -0.15) is 0 Å². The summed E-state index contributed by atoms with van der Waals surface area (Å²) in [7, 11) is 0. The van der Waals surface area contributed by atoms with Crippen LogP contribution in [0.2, 0.25) is 0 Å². The van der Waals surface area contributed by atoms with Crippen LogP contribution in [0.15, 0.2) is 11.6 Å². The average Bonchev–Trinajstić information content (AvgIpc) is 3.03. The molecular formula is C35H60O. The topological polar surface area (TPSA) is 17.1 Å². The minimum Gasteiger partial charge on any atom is -0.294 e. The summed E-state index contributed by atoms with van der Waals surface area (Å²) in [6.07, 6.45) is 11.0. The van der Waals surface area contributed by atoms with E-state index >= 15 is 0 Å². The predicted molar refractivity (Wildman–Crippen MR) is 155 cm³/mol. The molecule has 3 fully saturated rings. The van der Waals surface area contributed by atoms with Crippen LogP contribution in [0.3, 0.4) is 0 Å². The van der Waals surface area contributed by atoms with E-state index < -0.39 is 0 Å². The van der Waals surface area contributed by atoms with Crippen LogP contribution in [0.4, 0.5) is 0 Å². The summed E-state index contributed by atoms with van der Waals surface area (Å²) in [6.45, 7) is 32.3. The van der Waals surface area contributed by atoms with Crippen molar-refractivity contribution in [3.05, 3.63) is 11.6 Å². The first kappa shape index (κ1) is 28.4. The molecular weight excluding hydrogens is 436 g/mol. The van der Waals surface area contributed by atoms with Gasteiger partial charge in [0.05, 0.1) is 0 Å². The van der Waals surface area contributed by atoms with Crippen LogP contribution in [0.1, 0.15) is 135 Å². The van der Waals surface area contributed by atoms with E-state index in [4.69, 9.17) is 0 Å². The first-order valence-electron chi connectivity index (χ1n) is 15.5. The molecule has 36 heavy (non-hydrogen) atoms. The Kier molecular flexibility index (Phi) is 6.67. The van der Waals surface area contributed by atoms with E-state index in [1.807, 2.05) is 0 Å². The lowest BCUT2D eigenvalue weighted by Gasteiger charge is -2.65. The first-order valence-corrected chi connectivity index (χ1v) is 15.5. The van der Waals surface area contributed by atoms with Gasteiger partial charge in [0.25, 0.3) is 0 Å². The molecule has 0 aromatic heterocycles. The Labute approximate surface area is 225 Å². The molecule has 4 rings (SSSR count). The summed E-state index contributed by atoms with van der Waals surface area (Å²) in [5, 5.41) is 0. The Morgan fingerprint density at radius 1 is 0.833 bits per heavy atom. The first-order chi connectivity index (χ1) is 16.3. The van der Waals surface area contributed by atoms with E-state index in [-0.39, 0.29) is 21.7 Å². The molecule has 206 valence electrons. The minimum absolute atomic E-state index is 0.105. The molecule has 0 aliphatic heterocycles. The SMILES string of the molecule is C[C@@H]1C[C@@]2(C)C(=O)C=C3C(CC[C@]4(C)[C@@H](C(C)(C)[C@H](C)C[C@H](C)C(C)(C)C)CC[C@@]34C)[C@@]2(C)C[C@@H]1C. The second kappa shape index (κ2) is 8.45. The van der Waals surface area contributed by atoms with Crippen LogP contribution < -0.4 is 0 Å². The quantitative estimate of drug-likeness (QED) is 0.378. The zero-order valence-electron chi connectivity index (χ0n) is 26.4. The summed E-state index contributed by atoms with van der Waals surface area (Å²) < 4.78 is 0. The molecule has 0 aromatic carbocycles. The van der Waals surface area contributed by atoms with E-state index in [9.17, 15) is 4.79 Å². The van der Waals surface area contributed by atoms with E-state index in [0.717, 1.165) is 12.3 Å². The molecule has 3 saturated carbocycles. The zero-order chi connectivity index (χ0) is 27.3. The summed E-state index contributed by atoms with van der Waals surface area (Å²) in [5.41, 5.74) is 2.57. The molecule has 1 unspecified atom stereocenters. The number of fused-ring (bicyclic) bond motifs is 5. The molecule has 10 atom stereocenters. The maximum atomic E-state index is 14.0. The van der Waals surface area contributed by atoms with E-state index in [1.165, 1.54) is 38.5 Å². The normalized spacial score (nSPS) is 46.9. The molecule has 0 spiro atoms. The molecule has 4 aliphatic carbocycles. The highest BCUT2D eigenvalue weighted by atomic mass is 16.1. The van der Waals surface area contributed by atoms with Gasteiger partial charge in [0.2, 0.25) is 0 Å². The Morgan fingerprint density at radius 3 is 2.00 bits per heavy atom. The third-order valence-electron chi connectivity index (χ3n) is 14.6. The highest BCUT2D eigenvalue weighted by Crippen LogP contribution is 2.75. The van der Waals surface area contributed by atoms with Gasteiger partial charge in [-0.15, -0.1) is 0 Å². The van der Waals surface area contributed by atoms with Gasteiger partial charge in [-0.1, -0.05) is 95.6 Å². The molecule has 0 heterocycles. The van der Waals surface area contributed by atoms with E-state index in [2.05, 4.69) is 96.1 Å². The predicted octanol–water partition coefficient (Wildman–Crippen LogP) is 10.1. The minimum atomic E-state index is -0.188. The molecule has 0 radical (unpaired) electrons. The van der Waals surface area contributed by atoms with Crippen molar-refractivity contribution in [1.82, 2.24) is 0 Å². The van der Waals surface area contributed by atoms with Gasteiger partial charge in [-0.25, -0.2) is 0 Å². The Morgan fingerprint density at radius 2 is 1.42 bits per heavy atom. The maximum Gasteiger partial charge on any atom is 0.162 e. The Bertz CT molecular complexity index is 917. The molecule has 1 nitrogen and oxygen atoms in total. The average molecular weight is 497 g/mol. The fourth-order valence-corrected chi connectivity index (χ4v) is 10.4. The van der Waals surface area contributed by atoms with Gasteiger partial charge in [-0.05, 0) is 114 Å². The van der Waals surface area contributed by atoms with Crippen LogP contribution in [-0.4, -0.2) is 5.78 Å². The standard InChI is InChI=1S/C35H60O/c1-22-20-34(12)26-14-16-33(11)28(31(8,9)25(4)18-24(3)30(5,6)7)15-17-32(33,10)27(26)19-29(36)35(34,13)21-23(22)2/h19,22-26,28H,14-18,20-21H2,1-13H3/t22-,23+,24-,25+,26?,28+,32-,33+,34+,35-/m0/s1. The van der Waals surface area contributed by atoms with Crippen LogP contribution in [0.25, 0.3) is 0 Å². The third kappa shape index (κ3) is 3.70. The number of allylic oxidation sites excluding steroid dienone is 2. The summed E-state index contributed by atoms with van der Waals surface area (Å²) in [6, 6.07) is 0. The highest BCUT2D eigenvalue weighted by molar-refractivity contribution is 5.97. The smallest absolute Gasteiger partial charge is 0.162 e. The molecule has 1 heteroatoms. The van der Waals surface area contributed by atoms with Crippen molar-refractivity contribution in [2.45, 2.75) is 135 Å². The van der Waals surface area contributed by atoms with Gasteiger partial charge in [0.1, 0.15) is 0 Å². The monoisotopic (exact) mass is 496 g/mol. The Hall–Kier alpha value is -0.590. The molecule has 0 amide bonds. The van der Waals surface area contributed by atoms with Crippen molar-refractivity contribution < 1.29 is 4.79 Å². The molecule has 0 bridgehead atoms. The van der Waals surface area contributed by atoms with Gasteiger partial charge in [-0.3, -0.25) is 4.79 Å². The number of carbonyl (C=O) groups is 1. The van der Waals surface area contributed by atoms with Crippen molar-refractivity contribution in [2.24, 2.45) is 68.0 Å². The van der Waals surface area contributed by atoms with Crippen molar-refractivity contribution in [2.75, 3.05) is 0 Å². The number of ketones is 1. The van der Waals surface area contributed by atoms with Gasteiger partial charge < -0.3 is 0 Å². The van der Waals surface area contributed by atoms with Gasteiger partial charge in [0.15, 0.2) is 5.78 Å². The fraction of sp³-hybridized carbons (Fsp3) is 0.914. The van der Waals surface area contributed by atoms with Crippen LogP contribution in [0.5, 0.6) is 0 Å². The van der Waals surface area contributed by atoms with Crippen LogP contribution in [0, 0.1) is 68.0 Å². The van der Waals surface area contributed by atoms with E-state index in [1.54, 1.807) is 5.57 Å². The lowest BCUT2D eigenvalue weighted by molar-refractivity contribution is -0.152. The fourth-order valence-electron chi connectivity index (χ4n) is 10.4.